The lowest BCUT2D eigenvalue weighted by atomic mass is 9.90. The number of carbonyl (C=O) groups is 2. The summed E-state index contributed by atoms with van der Waals surface area (Å²) in [4.78, 5) is 22.8. The van der Waals surface area contributed by atoms with Crippen molar-refractivity contribution >= 4 is 11.9 Å². The number of carbonyl (C=O) groups excluding carboxylic acids is 2. The molecule has 0 aliphatic carbocycles. The van der Waals surface area contributed by atoms with Gasteiger partial charge in [-0.3, -0.25) is 9.59 Å². The Morgan fingerprint density at radius 3 is 2.56 bits per heavy atom. The van der Waals surface area contributed by atoms with Crippen molar-refractivity contribution in [1.29, 1.82) is 0 Å². The molecule has 2 aliphatic rings. The van der Waals surface area contributed by atoms with Gasteiger partial charge in [0.25, 0.3) is 0 Å². The summed E-state index contributed by atoms with van der Waals surface area (Å²) < 4.78 is 10.1. The van der Waals surface area contributed by atoms with Crippen LogP contribution in [0.25, 0.3) is 0 Å². The van der Waals surface area contributed by atoms with Crippen LogP contribution >= 0.6 is 0 Å². The van der Waals surface area contributed by atoms with E-state index >= 15 is 0 Å². The molecule has 3 atom stereocenters. The Bertz CT molecular complexity index is 277. The van der Waals surface area contributed by atoms with Gasteiger partial charge in [-0.2, -0.15) is 0 Å². The van der Waals surface area contributed by atoms with E-state index in [1.165, 1.54) is 0 Å². The fraction of sp³-hybridized carbons (Fsp3) is 0.833. The second-order valence-corrected chi connectivity index (χ2v) is 4.76. The predicted molar refractivity (Wildman–Crippen MR) is 56.6 cm³/mol. The van der Waals surface area contributed by atoms with Gasteiger partial charge in [0.1, 0.15) is 0 Å². The molecule has 2 heterocycles. The summed E-state index contributed by atoms with van der Waals surface area (Å²) in [6.07, 6.45) is 4.18. The Labute approximate surface area is 95.3 Å². The zero-order chi connectivity index (χ0) is 11.5. The molecule has 0 N–H and O–H groups in total. The minimum Gasteiger partial charge on any atom is -0.465 e. The smallest absolute Gasteiger partial charge is 0.309 e. The quantitative estimate of drug-likeness (QED) is 0.687. The van der Waals surface area contributed by atoms with Crippen molar-refractivity contribution in [2.75, 3.05) is 6.61 Å². The van der Waals surface area contributed by atoms with Crippen LogP contribution < -0.4 is 0 Å². The standard InChI is InChI=1S/C12H18O4/c1-8-7-10(12(14)16-8)5-4-9-3-2-6-15-11(9)13/h8-10H,2-7H2,1H3. The Hall–Kier alpha value is -1.06. The predicted octanol–water partition coefficient (Wildman–Crippen LogP) is 1.67. The van der Waals surface area contributed by atoms with Crippen molar-refractivity contribution in [3.05, 3.63) is 0 Å². The number of hydrogen-bond acceptors (Lipinski definition) is 4. The molecule has 2 fully saturated rings. The molecule has 4 nitrogen and oxygen atoms in total. The summed E-state index contributed by atoms with van der Waals surface area (Å²) in [6.45, 7) is 2.46. The van der Waals surface area contributed by atoms with E-state index in [0.717, 1.165) is 32.1 Å². The van der Waals surface area contributed by atoms with Crippen LogP contribution in [0.3, 0.4) is 0 Å². The first-order valence-electron chi connectivity index (χ1n) is 6.04. The zero-order valence-corrected chi connectivity index (χ0v) is 9.61. The van der Waals surface area contributed by atoms with Crippen LogP contribution in [-0.4, -0.2) is 24.6 Å². The minimum absolute atomic E-state index is 0.00236. The molecule has 2 aliphatic heterocycles. The van der Waals surface area contributed by atoms with Crippen molar-refractivity contribution in [3.8, 4) is 0 Å². The first-order valence-corrected chi connectivity index (χ1v) is 6.04. The Kier molecular flexibility index (Phi) is 3.46. The molecule has 0 saturated carbocycles. The van der Waals surface area contributed by atoms with Crippen LogP contribution in [0.1, 0.15) is 39.0 Å². The highest BCUT2D eigenvalue weighted by atomic mass is 16.6. The fourth-order valence-corrected chi connectivity index (χ4v) is 2.48. The molecule has 3 unspecified atom stereocenters. The zero-order valence-electron chi connectivity index (χ0n) is 9.61. The van der Waals surface area contributed by atoms with Crippen molar-refractivity contribution in [3.63, 3.8) is 0 Å². The van der Waals surface area contributed by atoms with Gasteiger partial charge < -0.3 is 9.47 Å². The maximum atomic E-state index is 11.4. The molecule has 0 radical (unpaired) electrons. The lowest BCUT2D eigenvalue weighted by molar-refractivity contribution is -0.153. The minimum atomic E-state index is -0.100. The second-order valence-electron chi connectivity index (χ2n) is 4.76. The van der Waals surface area contributed by atoms with Crippen LogP contribution in [0, 0.1) is 11.8 Å². The molecule has 16 heavy (non-hydrogen) atoms. The molecule has 0 aromatic carbocycles. The SMILES string of the molecule is CC1CC(CCC2CCCOC2=O)C(=O)O1. The molecule has 4 heteroatoms. The average Bonchev–Trinajstić information content (AvgIpc) is 2.56. The third-order valence-electron chi connectivity index (χ3n) is 3.41. The van der Waals surface area contributed by atoms with E-state index < -0.39 is 0 Å². The number of esters is 2. The summed E-state index contributed by atoms with van der Waals surface area (Å²) in [5.74, 6) is -0.204. The highest BCUT2D eigenvalue weighted by Gasteiger charge is 2.33. The summed E-state index contributed by atoms with van der Waals surface area (Å²) in [6, 6.07) is 0. The maximum absolute atomic E-state index is 11.4. The number of ether oxygens (including phenoxy) is 2. The van der Waals surface area contributed by atoms with Gasteiger partial charge >= 0.3 is 11.9 Å². The van der Waals surface area contributed by atoms with Crippen molar-refractivity contribution in [2.24, 2.45) is 11.8 Å². The Morgan fingerprint density at radius 2 is 1.94 bits per heavy atom. The summed E-state index contributed by atoms with van der Waals surface area (Å²) in [5.41, 5.74) is 0. The molecule has 0 spiro atoms. The van der Waals surface area contributed by atoms with Gasteiger partial charge in [0.15, 0.2) is 0 Å². The molecule has 0 amide bonds. The highest BCUT2D eigenvalue weighted by molar-refractivity contribution is 5.75. The molecule has 0 bridgehead atoms. The number of cyclic esters (lactones) is 2. The van der Waals surface area contributed by atoms with E-state index in [9.17, 15) is 9.59 Å². The Balaban J connectivity index is 1.78. The van der Waals surface area contributed by atoms with Gasteiger partial charge in [0.2, 0.25) is 0 Å². The molecule has 0 aromatic rings. The molecular formula is C12H18O4. The summed E-state index contributed by atoms with van der Waals surface area (Å²) in [5, 5.41) is 0. The van der Waals surface area contributed by atoms with Gasteiger partial charge in [-0.1, -0.05) is 0 Å². The summed E-state index contributed by atoms with van der Waals surface area (Å²) >= 11 is 0. The van der Waals surface area contributed by atoms with Gasteiger partial charge in [0, 0.05) is 0 Å². The van der Waals surface area contributed by atoms with Crippen molar-refractivity contribution < 1.29 is 19.1 Å². The topological polar surface area (TPSA) is 52.6 Å². The van der Waals surface area contributed by atoms with E-state index in [1.54, 1.807) is 0 Å². The van der Waals surface area contributed by atoms with Crippen LogP contribution in [-0.2, 0) is 19.1 Å². The van der Waals surface area contributed by atoms with E-state index in [2.05, 4.69) is 0 Å². The van der Waals surface area contributed by atoms with Crippen LogP contribution in [0.2, 0.25) is 0 Å². The highest BCUT2D eigenvalue weighted by Crippen LogP contribution is 2.29. The second kappa shape index (κ2) is 4.85. The first kappa shape index (κ1) is 11.4. The van der Waals surface area contributed by atoms with E-state index in [-0.39, 0.29) is 29.9 Å². The van der Waals surface area contributed by atoms with Crippen molar-refractivity contribution in [2.45, 2.75) is 45.1 Å². The summed E-state index contributed by atoms with van der Waals surface area (Å²) in [7, 11) is 0. The third kappa shape index (κ3) is 2.54. The van der Waals surface area contributed by atoms with E-state index in [1.807, 2.05) is 6.92 Å². The maximum Gasteiger partial charge on any atom is 0.309 e. The van der Waals surface area contributed by atoms with Gasteiger partial charge in [0.05, 0.1) is 24.5 Å². The van der Waals surface area contributed by atoms with Crippen molar-refractivity contribution in [1.82, 2.24) is 0 Å². The third-order valence-corrected chi connectivity index (χ3v) is 3.41. The lowest BCUT2D eigenvalue weighted by Gasteiger charge is -2.21. The molecule has 0 aromatic heterocycles. The van der Waals surface area contributed by atoms with E-state index in [0.29, 0.717) is 6.61 Å². The van der Waals surface area contributed by atoms with Gasteiger partial charge in [-0.25, -0.2) is 0 Å². The molecular weight excluding hydrogens is 208 g/mol. The number of hydrogen-bond donors (Lipinski definition) is 0. The van der Waals surface area contributed by atoms with Gasteiger partial charge in [-0.15, -0.1) is 0 Å². The molecule has 2 rings (SSSR count). The molecule has 2 saturated heterocycles. The molecule has 90 valence electrons. The lowest BCUT2D eigenvalue weighted by Crippen LogP contribution is -2.25. The normalized spacial score (nSPS) is 34.7. The Morgan fingerprint density at radius 1 is 1.19 bits per heavy atom. The van der Waals surface area contributed by atoms with Crippen LogP contribution in [0.15, 0.2) is 0 Å². The largest absolute Gasteiger partial charge is 0.465 e. The first-order chi connectivity index (χ1) is 7.66. The van der Waals surface area contributed by atoms with E-state index in [4.69, 9.17) is 9.47 Å². The number of rotatable bonds is 3. The van der Waals surface area contributed by atoms with Gasteiger partial charge in [-0.05, 0) is 39.0 Å². The van der Waals surface area contributed by atoms with Crippen LogP contribution in [0.5, 0.6) is 0 Å². The fourth-order valence-electron chi connectivity index (χ4n) is 2.48. The average molecular weight is 226 g/mol. The van der Waals surface area contributed by atoms with Crippen LogP contribution in [0.4, 0.5) is 0 Å². The monoisotopic (exact) mass is 226 g/mol.